The number of benzene rings is 2. The van der Waals surface area contributed by atoms with Crippen molar-refractivity contribution in [1.82, 2.24) is 4.98 Å². The molecule has 0 unspecified atom stereocenters. The Labute approximate surface area is 170 Å². The normalized spacial score (nSPS) is 13.4. The Hall–Kier alpha value is -2.61. The van der Waals surface area contributed by atoms with E-state index in [1.54, 1.807) is 30.5 Å². The first-order valence-electron chi connectivity index (χ1n) is 8.86. The van der Waals surface area contributed by atoms with E-state index < -0.39 is 13.0 Å². The van der Waals surface area contributed by atoms with Crippen molar-refractivity contribution in [2.45, 2.75) is 12.3 Å². The fourth-order valence-electron chi connectivity index (χ4n) is 3.38. The molecule has 3 N–H and O–H groups in total. The minimum Gasteiger partial charge on any atom is -0.532 e. The number of aromatic nitrogens is 1. The lowest BCUT2D eigenvalue weighted by Crippen LogP contribution is -2.25. The maximum absolute atomic E-state index is 12.9. The SMILES string of the molecule is NC[C@@H](C(=O)Cc1ccc2cnccc2c1)c1ccc2c(c1)OB(O)C=C2.S. The lowest BCUT2D eigenvalue weighted by atomic mass is 9.85. The number of pyridine rings is 1. The highest BCUT2D eigenvalue weighted by atomic mass is 32.1. The highest BCUT2D eigenvalue weighted by Gasteiger charge is 2.23. The van der Waals surface area contributed by atoms with Crippen LogP contribution in [0, 0.1) is 0 Å². The molecule has 0 saturated carbocycles. The minimum atomic E-state index is -0.966. The van der Waals surface area contributed by atoms with E-state index in [0.29, 0.717) is 12.2 Å². The number of hydrogen-bond acceptors (Lipinski definition) is 5. The first-order chi connectivity index (χ1) is 13.1. The Balaban J connectivity index is 0.00000225. The highest BCUT2D eigenvalue weighted by molar-refractivity contribution is 7.59. The van der Waals surface area contributed by atoms with Gasteiger partial charge in [0.2, 0.25) is 0 Å². The zero-order valence-electron chi connectivity index (χ0n) is 15.2. The molecule has 1 aliphatic rings. The van der Waals surface area contributed by atoms with Crippen LogP contribution in [0.2, 0.25) is 0 Å². The zero-order valence-corrected chi connectivity index (χ0v) is 16.2. The largest absolute Gasteiger partial charge is 0.552 e. The van der Waals surface area contributed by atoms with Gasteiger partial charge in [-0.2, -0.15) is 13.5 Å². The smallest absolute Gasteiger partial charge is 0.532 e. The monoisotopic (exact) mass is 392 g/mol. The standard InChI is InChI=1S/C21H19BN2O3.H2S/c23-12-19(17-4-3-15-5-7-22(26)27-21(15)11-17)20(25)10-14-1-2-18-13-24-8-6-16(18)9-14;/h1-9,11,13,19,26H,10,12,23H2;1H2/t19-;/m1./s1. The molecule has 1 aliphatic heterocycles. The van der Waals surface area contributed by atoms with Crippen LogP contribution in [-0.2, 0) is 11.2 Å². The predicted molar refractivity (Wildman–Crippen MR) is 117 cm³/mol. The third-order valence-corrected chi connectivity index (χ3v) is 4.84. The summed E-state index contributed by atoms with van der Waals surface area (Å²) in [5.74, 6) is 1.77. The van der Waals surface area contributed by atoms with Gasteiger partial charge in [0, 0.05) is 36.3 Å². The van der Waals surface area contributed by atoms with E-state index in [-0.39, 0.29) is 25.8 Å². The summed E-state index contributed by atoms with van der Waals surface area (Å²) in [5.41, 5.74) is 8.54. The molecular weight excluding hydrogens is 371 g/mol. The second-order valence-corrected chi connectivity index (χ2v) is 6.65. The summed E-state index contributed by atoms with van der Waals surface area (Å²) in [4.78, 5) is 17.0. The van der Waals surface area contributed by atoms with E-state index in [0.717, 1.165) is 27.5 Å². The van der Waals surface area contributed by atoms with Crippen molar-refractivity contribution >= 4 is 43.2 Å². The number of carbonyl (C=O) groups excluding carboxylic acids is 1. The number of fused-ring (bicyclic) bond motifs is 2. The molecule has 0 aliphatic carbocycles. The van der Waals surface area contributed by atoms with Gasteiger partial charge in [-0.05, 0) is 34.6 Å². The van der Waals surface area contributed by atoms with Gasteiger partial charge in [0.05, 0.1) is 5.92 Å². The van der Waals surface area contributed by atoms with Crippen LogP contribution in [-0.4, -0.2) is 29.5 Å². The van der Waals surface area contributed by atoms with Crippen LogP contribution in [0.3, 0.4) is 0 Å². The Morgan fingerprint density at radius 2 is 2.04 bits per heavy atom. The zero-order chi connectivity index (χ0) is 18.8. The Morgan fingerprint density at radius 1 is 1.18 bits per heavy atom. The summed E-state index contributed by atoms with van der Waals surface area (Å²) in [6.07, 6.45) is 5.66. The van der Waals surface area contributed by atoms with Crippen LogP contribution < -0.4 is 10.4 Å². The summed E-state index contributed by atoms with van der Waals surface area (Å²) in [5, 5.41) is 11.7. The fraction of sp³-hybridized carbons (Fsp3) is 0.143. The van der Waals surface area contributed by atoms with Gasteiger partial charge in [-0.3, -0.25) is 9.78 Å². The van der Waals surface area contributed by atoms with Gasteiger partial charge in [0.15, 0.2) is 0 Å². The van der Waals surface area contributed by atoms with Gasteiger partial charge in [0.1, 0.15) is 11.5 Å². The van der Waals surface area contributed by atoms with E-state index in [4.69, 9.17) is 10.4 Å². The molecule has 7 heteroatoms. The van der Waals surface area contributed by atoms with Crippen LogP contribution in [0.1, 0.15) is 22.6 Å². The number of hydrogen-bond donors (Lipinski definition) is 2. The molecule has 0 fully saturated rings. The van der Waals surface area contributed by atoms with Crippen molar-refractivity contribution < 1.29 is 14.5 Å². The van der Waals surface area contributed by atoms with Gasteiger partial charge in [0.25, 0.3) is 0 Å². The number of Topliss-reactive ketones (excluding diaryl/α,β-unsaturated/α-hetero) is 1. The molecule has 28 heavy (non-hydrogen) atoms. The molecule has 0 amide bonds. The molecule has 0 saturated heterocycles. The molecule has 0 bridgehead atoms. The number of nitrogens with zero attached hydrogens (tertiary/aromatic N) is 1. The molecule has 4 rings (SSSR count). The summed E-state index contributed by atoms with van der Waals surface area (Å²) < 4.78 is 5.42. The molecule has 142 valence electrons. The van der Waals surface area contributed by atoms with E-state index in [1.807, 2.05) is 36.4 Å². The van der Waals surface area contributed by atoms with Gasteiger partial charge in [-0.15, -0.1) is 0 Å². The topological polar surface area (TPSA) is 85.4 Å². The Morgan fingerprint density at radius 3 is 2.86 bits per heavy atom. The van der Waals surface area contributed by atoms with Crippen molar-refractivity contribution in [3.05, 3.63) is 77.5 Å². The van der Waals surface area contributed by atoms with Crippen molar-refractivity contribution in [2.75, 3.05) is 6.54 Å². The highest BCUT2D eigenvalue weighted by Crippen LogP contribution is 2.29. The van der Waals surface area contributed by atoms with Crippen LogP contribution in [0.15, 0.2) is 60.8 Å². The average Bonchev–Trinajstić information content (AvgIpc) is 2.68. The lowest BCUT2D eigenvalue weighted by molar-refractivity contribution is -0.119. The number of rotatable bonds is 5. The van der Waals surface area contributed by atoms with E-state index in [2.05, 4.69) is 4.98 Å². The molecule has 3 aromatic rings. The molecule has 5 nitrogen and oxygen atoms in total. The predicted octanol–water partition coefficient (Wildman–Crippen LogP) is 2.63. The fourth-order valence-corrected chi connectivity index (χ4v) is 3.38. The van der Waals surface area contributed by atoms with Gasteiger partial charge in [-0.1, -0.05) is 36.4 Å². The number of ketones is 1. The first kappa shape index (κ1) is 20.1. The van der Waals surface area contributed by atoms with Gasteiger partial charge in [-0.25, -0.2) is 0 Å². The molecule has 0 spiro atoms. The lowest BCUT2D eigenvalue weighted by Gasteiger charge is -2.19. The van der Waals surface area contributed by atoms with Crippen LogP contribution >= 0.6 is 13.5 Å². The van der Waals surface area contributed by atoms with E-state index >= 15 is 0 Å². The second-order valence-electron chi connectivity index (χ2n) is 6.65. The summed E-state index contributed by atoms with van der Waals surface area (Å²) in [6.45, 7) is 0.216. The number of carbonyl (C=O) groups is 1. The molecule has 2 aromatic carbocycles. The van der Waals surface area contributed by atoms with Crippen molar-refractivity contribution in [3.8, 4) is 5.75 Å². The quantitative estimate of drug-likeness (QED) is 0.652. The number of nitrogens with two attached hydrogens (primary N) is 1. The van der Waals surface area contributed by atoms with Crippen LogP contribution in [0.4, 0.5) is 0 Å². The third kappa shape index (κ3) is 4.12. The Kier molecular flexibility index (Phi) is 6.19. The Bertz CT molecular complexity index is 1040. The molecule has 1 atom stereocenters. The minimum absolute atomic E-state index is 0. The first-order valence-corrected chi connectivity index (χ1v) is 8.86. The summed E-state index contributed by atoms with van der Waals surface area (Å²) in [7, 11) is -0.966. The molecular formula is C21H21BN2O3S. The van der Waals surface area contributed by atoms with Crippen LogP contribution in [0.5, 0.6) is 5.75 Å². The van der Waals surface area contributed by atoms with Crippen LogP contribution in [0.25, 0.3) is 16.8 Å². The van der Waals surface area contributed by atoms with Crippen molar-refractivity contribution in [1.29, 1.82) is 0 Å². The maximum atomic E-state index is 12.9. The van der Waals surface area contributed by atoms with Crippen molar-refractivity contribution in [2.24, 2.45) is 5.73 Å². The molecule has 2 heterocycles. The molecule has 1 aromatic heterocycles. The third-order valence-electron chi connectivity index (χ3n) is 4.84. The second kappa shape index (κ2) is 8.60. The summed E-state index contributed by atoms with van der Waals surface area (Å²) >= 11 is 0. The molecule has 0 radical (unpaired) electrons. The van der Waals surface area contributed by atoms with E-state index in [1.165, 1.54) is 0 Å². The maximum Gasteiger partial charge on any atom is 0.552 e. The van der Waals surface area contributed by atoms with Crippen molar-refractivity contribution in [3.63, 3.8) is 0 Å². The van der Waals surface area contributed by atoms with Gasteiger partial charge >= 0.3 is 7.12 Å². The average molecular weight is 392 g/mol. The summed E-state index contributed by atoms with van der Waals surface area (Å²) in [6, 6.07) is 13.4. The van der Waals surface area contributed by atoms with Gasteiger partial charge < -0.3 is 15.4 Å². The van der Waals surface area contributed by atoms with E-state index in [9.17, 15) is 9.82 Å².